The van der Waals surface area contributed by atoms with Crippen molar-refractivity contribution in [2.75, 3.05) is 13.1 Å². The minimum absolute atomic E-state index is 0.151. The molecule has 0 aromatic heterocycles. The maximum Gasteiger partial charge on any atom is 0.269 e. The molecule has 1 aliphatic rings. The first kappa shape index (κ1) is 22.6. The van der Waals surface area contributed by atoms with Crippen molar-refractivity contribution in [3.8, 4) is 0 Å². The van der Waals surface area contributed by atoms with Gasteiger partial charge in [0.2, 0.25) is 10.0 Å². The van der Waals surface area contributed by atoms with E-state index in [1.165, 1.54) is 40.3 Å². The third-order valence-corrected chi connectivity index (χ3v) is 7.89. The fraction of sp³-hybridized carbons (Fsp3) is 0.300. The summed E-state index contributed by atoms with van der Waals surface area (Å²) in [6.07, 6.45) is 1.71. The van der Waals surface area contributed by atoms with Crippen LogP contribution < -0.4 is 10.9 Å². The average Bonchev–Trinajstić information content (AvgIpc) is 3.29. The molecule has 7 nitrogen and oxygen atoms in total. The normalized spacial score (nSPS) is 15.5. The van der Waals surface area contributed by atoms with Crippen LogP contribution in [0.2, 0.25) is 5.02 Å². The van der Waals surface area contributed by atoms with Gasteiger partial charge in [-0.05, 0) is 68.3 Å². The molecule has 2 amide bonds. The Kier molecular flexibility index (Phi) is 7.41. The maximum absolute atomic E-state index is 12.5. The van der Waals surface area contributed by atoms with Crippen molar-refractivity contribution in [2.45, 2.75) is 34.8 Å². The van der Waals surface area contributed by atoms with Crippen molar-refractivity contribution in [1.29, 1.82) is 0 Å². The monoisotopic (exact) mass is 467 g/mol. The molecule has 1 saturated heterocycles. The van der Waals surface area contributed by atoms with Crippen molar-refractivity contribution in [1.82, 2.24) is 15.2 Å². The molecule has 1 fully saturated rings. The van der Waals surface area contributed by atoms with Crippen molar-refractivity contribution < 1.29 is 18.0 Å². The van der Waals surface area contributed by atoms with E-state index in [0.29, 0.717) is 18.1 Å². The zero-order valence-corrected chi connectivity index (χ0v) is 18.7. The summed E-state index contributed by atoms with van der Waals surface area (Å²) < 4.78 is 26.5. The summed E-state index contributed by atoms with van der Waals surface area (Å²) in [6.45, 7) is 2.75. The Morgan fingerprint density at radius 3 is 2.20 bits per heavy atom. The summed E-state index contributed by atoms with van der Waals surface area (Å²) in [7, 11) is -3.53. The molecule has 3 rings (SSSR count). The molecule has 1 unspecified atom stereocenters. The van der Waals surface area contributed by atoms with Gasteiger partial charge in [-0.2, -0.15) is 4.31 Å². The quantitative estimate of drug-likeness (QED) is 0.503. The maximum atomic E-state index is 12.5. The summed E-state index contributed by atoms with van der Waals surface area (Å²) >= 11 is 7.18. The SMILES string of the molecule is CC(Sc1ccc(Cl)cc1)C(=O)NNC(=O)c1ccc(S(=O)(=O)N2CCCC2)cc1. The Morgan fingerprint density at radius 1 is 1.00 bits per heavy atom. The van der Waals surface area contributed by atoms with E-state index in [0.717, 1.165) is 17.7 Å². The lowest BCUT2D eigenvalue weighted by atomic mass is 10.2. The fourth-order valence-electron chi connectivity index (χ4n) is 2.92. The van der Waals surface area contributed by atoms with Crippen LogP contribution in [0.4, 0.5) is 0 Å². The number of benzene rings is 2. The van der Waals surface area contributed by atoms with E-state index < -0.39 is 21.2 Å². The van der Waals surface area contributed by atoms with Crippen LogP contribution in [0.15, 0.2) is 58.3 Å². The number of halogens is 1. The van der Waals surface area contributed by atoms with Crippen LogP contribution >= 0.6 is 23.4 Å². The highest BCUT2D eigenvalue weighted by Gasteiger charge is 2.27. The zero-order valence-electron chi connectivity index (χ0n) is 16.3. The van der Waals surface area contributed by atoms with Crippen molar-refractivity contribution in [3.63, 3.8) is 0 Å². The number of hydrogen-bond acceptors (Lipinski definition) is 5. The van der Waals surface area contributed by atoms with Gasteiger partial charge in [-0.25, -0.2) is 8.42 Å². The predicted molar refractivity (Wildman–Crippen MR) is 117 cm³/mol. The number of nitrogens with one attached hydrogen (secondary N) is 2. The van der Waals surface area contributed by atoms with Gasteiger partial charge in [-0.3, -0.25) is 20.4 Å². The Hall–Kier alpha value is -2.07. The van der Waals surface area contributed by atoms with E-state index in [9.17, 15) is 18.0 Å². The molecule has 1 aliphatic heterocycles. The number of rotatable bonds is 6. The third kappa shape index (κ3) is 5.54. The van der Waals surface area contributed by atoms with Crippen LogP contribution in [0.3, 0.4) is 0 Å². The highest BCUT2D eigenvalue weighted by atomic mass is 35.5. The number of carbonyl (C=O) groups is 2. The second-order valence-electron chi connectivity index (χ2n) is 6.79. The molecular formula is C20H22ClN3O4S2. The lowest BCUT2D eigenvalue weighted by Crippen LogP contribution is -2.44. The van der Waals surface area contributed by atoms with Gasteiger partial charge in [0, 0.05) is 28.6 Å². The van der Waals surface area contributed by atoms with Gasteiger partial charge in [0.25, 0.3) is 11.8 Å². The number of nitrogens with zero attached hydrogens (tertiary/aromatic N) is 1. The second-order valence-corrected chi connectivity index (χ2v) is 10.6. The van der Waals surface area contributed by atoms with Crippen LogP contribution in [0.25, 0.3) is 0 Å². The second kappa shape index (κ2) is 9.82. The van der Waals surface area contributed by atoms with E-state index in [4.69, 9.17) is 11.6 Å². The van der Waals surface area contributed by atoms with E-state index in [2.05, 4.69) is 10.9 Å². The number of carbonyl (C=O) groups excluding carboxylic acids is 2. The summed E-state index contributed by atoms with van der Waals surface area (Å²) in [4.78, 5) is 25.5. The number of amides is 2. The van der Waals surface area contributed by atoms with Crippen molar-refractivity contribution in [2.24, 2.45) is 0 Å². The zero-order chi connectivity index (χ0) is 21.7. The molecule has 0 radical (unpaired) electrons. The van der Waals surface area contributed by atoms with Gasteiger partial charge in [0.1, 0.15) is 0 Å². The highest BCUT2D eigenvalue weighted by Crippen LogP contribution is 2.24. The molecule has 0 bridgehead atoms. The smallest absolute Gasteiger partial charge is 0.269 e. The summed E-state index contributed by atoms with van der Waals surface area (Å²) in [5.74, 6) is -0.895. The summed E-state index contributed by atoms with van der Waals surface area (Å²) in [6, 6.07) is 12.8. The van der Waals surface area contributed by atoms with Gasteiger partial charge in [-0.15, -0.1) is 11.8 Å². The first-order valence-corrected chi connectivity index (χ1v) is 12.1. The first-order valence-electron chi connectivity index (χ1n) is 9.40. The van der Waals surface area contributed by atoms with Crippen LogP contribution in [-0.2, 0) is 14.8 Å². The summed E-state index contributed by atoms with van der Waals surface area (Å²) in [5.41, 5.74) is 4.99. The van der Waals surface area contributed by atoms with E-state index in [1.807, 2.05) is 12.1 Å². The Morgan fingerprint density at radius 2 is 1.60 bits per heavy atom. The van der Waals surface area contributed by atoms with Crippen LogP contribution in [-0.4, -0.2) is 42.9 Å². The van der Waals surface area contributed by atoms with Crippen molar-refractivity contribution >= 4 is 45.2 Å². The predicted octanol–water partition coefficient (Wildman–Crippen LogP) is 3.07. The highest BCUT2D eigenvalue weighted by molar-refractivity contribution is 8.00. The molecule has 30 heavy (non-hydrogen) atoms. The molecular weight excluding hydrogens is 446 g/mol. The van der Waals surface area contributed by atoms with Gasteiger partial charge in [0.15, 0.2) is 0 Å². The van der Waals surface area contributed by atoms with Crippen LogP contribution in [0, 0.1) is 0 Å². The fourth-order valence-corrected chi connectivity index (χ4v) is 5.43. The molecule has 2 aromatic rings. The minimum atomic E-state index is -3.53. The van der Waals surface area contributed by atoms with Crippen LogP contribution in [0.1, 0.15) is 30.1 Å². The molecule has 0 spiro atoms. The van der Waals surface area contributed by atoms with Gasteiger partial charge < -0.3 is 0 Å². The lowest BCUT2D eigenvalue weighted by molar-refractivity contribution is -0.121. The standard InChI is InChI=1S/C20H22ClN3O4S2/c1-14(29-17-8-6-16(21)7-9-17)19(25)22-23-20(26)15-4-10-18(11-5-15)30(27,28)24-12-2-3-13-24/h4-11,14H,2-3,12-13H2,1H3,(H,22,25)(H,23,26). The molecule has 160 valence electrons. The van der Waals surface area contributed by atoms with Crippen LogP contribution in [0.5, 0.6) is 0 Å². The number of thioether (sulfide) groups is 1. The topological polar surface area (TPSA) is 95.6 Å². The number of sulfonamides is 1. The molecule has 0 aliphatic carbocycles. The van der Waals surface area contributed by atoms with Crippen molar-refractivity contribution in [3.05, 3.63) is 59.1 Å². The first-order chi connectivity index (χ1) is 14.3. The molecule has 1 heterocycles. The van der Waals surface area contributed by atoms with Gasteiger partial charge in [0.05, 0.1) is 10.1 Å². The number of hydrogen-bond donors (Lipinski definition) is 2. The molecule has 10 heteroatoms. The minimum Gasteiger partial charge on any atom is -0.272 e. The Balaban J connectivity index is 1.54. The van der Waals surface area contributed by atoms with E-state index in [-0.39, 0.29) is 16.4 Å². The Bertz CT molecular complexity index is 1010. The lowest BCUT2D eigenvalue weighted by Gasteiger charge is -2.16. The summed E-state index contributed by atoms with van der Waals surface area (Å²) in [5, 5.41) is 0.169. The van der Waals surface area contributed by atoms with E-state index >= 15 is 0 Å². The average molecular weight is 468 g/mol. The van der Waals surface area contributed by atoms with E-state index in [1.54, 1.807) is 19.1 Å². The van der Waals surface area contributed by atoms with Gasteiger partial charge >= 0.3 is 0 Å². The molecule has 2 aromatic carbocycles. The largest absolute Gasteiger partial charge is 0.272 e. The Labute approximate surface area is 185 Å². The molecule has 2 N–H and O–H groups in total. The molecule has 1 atom stereocenters. The third-order valence-electron chi connectivity index (χ3n) is 4.61. The number of hydrazine groups is 1. The molecule has 0 saturated carbocycles. The van der Waals surface area contributed by atoms with Gasteiger partial charge in [-0.1, -0.05) is 11.6 Å².